The third-order valence-electron chi connectivity index (χ3n) is 2.49. The van der Waals surface area contributed by atoms with Crippen LogP contribution < -0.4 is 0 Å². The van der Waals surface area contributed by atoms with Gasteiger partial charge in [0.25, 0.3) is 0 Å². The molecule has 0 saturated heterocycles. The molecule has 1 heterocycles. The van der Waals surface area contributed by atoms with Crippen molar-refractivity contribution in [1.29, 1.82) is 0 Å². The molecule has 1 aromatic heterocycles. The fourth-order valence-electron chi connectivity index (χ4n) is 1.72. The molecule has 0 atom stereocenters. The molecule has 1 N–H and O–H groups in total. The highest BCUT2D eigenvalue weighted by Gasteiger charge is 2.13. The van der Waals surface area contributed by atoms with E-state index in [9.17, 15) is 9.18 Å². The summed E-state index contributed by atoms with van der Waals surface area (Å²) in [6.45, 7) is 2.00. The molecule has 0 bridgehead atoms. The van der Waals surface area contributed by atoms with E-state index in [1.54, 1.807) is 12.1 Å². The minimum Gasteiger partial charge on any atom is -0.481 e. The van der Waals surface area contributed by atoms with Crippen LogP contribution in [0.5, 0.6) is 0 Å². The Kier molecular flexibility index (Phi) is 4.31. The number of aliphatic carboxylic acids is 1. The topological polar surface area (TPSA) is 63.1 Å². The van der Waals surface area contributed by atoms with Crippen LogP contribution in [0.1, 0.15) is 19.2 Å². The van der Waals surface area contributed by atoms with Crippen molar-refractivity contribution in [3.05, 3.63) is 29.8 Å². The van der Waals surface area contributed by atoms with E-state index in [0.717, 1.165) is 18.2 Å². The summed E-state index contributed by atoms with van der Waals surface area (Å²) in [5.74, 6) is -0.904. The number of carboxylic acids is 1. The molecule has 0 aliphatic carbocycles. The SMILES string of the molecule is CCCc1nc(SCC(=O)O)c2c(F)cccc2n1. The summed E-state index contributed by atoms with van der Waals surface area (Å²) in [6, 6.07) is 4.63. The number of aryl methyl sites for hydroxylation is 1. The van der Waals surface area contributed by atoms with Gasteiger partial charge in [-0.25, -0.2) is 14.4 Å². The average Bonchev–Trinajstić information content (AvgIpc) is 2.36. The molecule has 2 rings (SSSR count). The largest absolute Gasteiger partial charge is 0.481 e. The molecule has 19 heavy (non-hydrogen) atoms. The summed E-state index contributed by atoms with van der Waals surface area (Å²) in [5.41, 5.74) is 0.520. The zero-order valence-corrected chi connectivity index (χ0v) is 11.2. The molecule has 0 fully saturated rings. The van der Waals surface area contributed by atoms with Gasteiger partial charge < -0.3 is 5.11 Å². The first kappa shape index (κ1) is 13.7. The molecule has 0 radical (unpaired) electrons. The van der Waals surface area contributed by atoms with Crippen LogP contribution in [0.4, 0.5) is 4.39 Å². The van der Waals surface area contributed by atoms with Gasteiger partial charge in [0.2, 0.25) is 0 Å². The fourth-order valence-corrected chi connectivity index (χ4v) is 2.50. The van der Waals surface area contributed by atoms with Gasteiger partial charge in [0.1, 0.15) is 16.7 Å². The Morgan fingerprint density at radius 3 is 2.89 bits per heavy atom. The number of thioether (sulfide) groups is 1. The molecule has 4 nitrogen and oxygen atoms in total. The van der Waals surface area contributed by atoms with E-state index in [1.165, 1.54) is 6.07 Å². The first-order valence-electron chi connectivity index (χ1n) is 5.91. The maximum absolute atomic E-state index is 13.8. The number of carbonyl (C=O) groups is 1. The molecule has 0 aliphatic heterocycles. The zero-order chi connectivity index (χ0) is 13.8. The minimum absolute atomic E-state index is 0.147. The predicted octanol–water partition coefficient (Wildman–Crippen LogP) is 2.90. The number of hydrogen-bond donors (Lipinski definition) is 1. The monoisotopic (exact) mass is 280 g/mol. The highest BCUT2D eigenvalue weighted by molar-refractivity contribution is 8.00. The van der Waals surface area contributed by atoms with Crippen LogP contribution >= 0.6 is 11.8 Å². The average molecular weight is 280 g/mol. The van der Waals surface area contributed by atoms with E-state index >= 15 is 0 Å². The summed E-state index contributed by atoms with van der Waals surface area (Å²) in [6.07, 6.45) is 1.57. The molecule has 1 aromatic carbocycles. The highest BCUT2D eigenvalue weighted by atomic mass is 32.2. The van der Waals surface area contributed by atoms with Gasteiger partial charge in [0, 0.05) is 6.42 Å². The molecule has 100 valence electrons. The van der Waals surface area contributed by atoms with Crippen LogP contribution in [0.15, 0.2) is 23.2 Å². The van der Waals surface area contributed by atoms with Gasteiger partial charge in [0.05, 0.1) is 16.7 Å². The lowest BCUT2D eigenvalue weighted by Crippen LogP contribution is -2.02. The van der Waals surface area contributed by atoms with E-state index in [0.29, 0.717) is 28.2 Å². The normalized spacial score (nSPS) is 10.8. The number of halogens is 1. The summed E-state index contributed by atoms with van der Waals surface area (Å²) >= 11 is 1.02. The molecule has 0 saturated carbocycles. The number of fused-ring (bicyclic) bond motifs is 1. The number of nitrogens with zero attached hydrogens (tertiary/aromatic N) is 2. The quantitative estimate of drug-likeness (QED) is 0.674. The van der Waals surface area contributed by atoms with Gasteiger partial charge in [-0.3, -0.25) is 4.79 Å². The van der Waals surface area contributed by atoms with Gasteiger partial charge >= 0.3 is 5.97 Å². The van der Waals surface area contributed by atoms with Crippen LogP contribution in [-0.4, -0.2) is 26.8 Å². The lowest BCUT2D eigenvalue weighted by Gasteiger charge is -2.07. The van der Waals surface area contributed by atoms with Crippen LogP contribution in [0.25, 0.3) is 10.9 Å². The molecular weight excluding hydrogens is 267 g/mol. The molecule has 0 aliphatic rings. The van der Waals surface area contributed by atoms with Crippen molar-refractivity contribution in [1.82, 2.24) is 9.97 Å². The second kappa shape index (κ2) is 5.97. The summed E-state index contributed by atoms with van der Waals surface area (Å²) in [4.78, 5) is 19.2. The van der Waals surface area contributed by atoms with Gasteiger partial charge in [-0.05, 0) is 18.6 Å². The van der Waals surface area contributed by atoms with Gasteiger partial charge in [0.15, 0.2) is 0 Å². The van der Waals surface area contributed by atoms with Crippen molar-refractivity contribution < 1.29 is 14.3 Å². The Morgan fingerprint density at radius 2 is 2.21 bits per heavy atom. The van der Waals surface area contributed by atoms with Crippen LogP contribution in [0.3, 0.4) is 0 Å². The number of carboxylic acid groups (broad SMARTS) is 1. The molecule has 2 aromatic rings. The van der Waals surface area contributed by atoms with E-state index < -0.39 is 11.8 Å². The van der Waals surface area contributed by atoms with E-state index in [-0.39, 0.29) is 5.75 Å². The number of aromatic nitrogens is 2. The Hall–Kier alpha value is -1.69. The first-order chi connectivity index (χ1) is 9.11. The number of rotatable bonds is 5. The number of benzene rings is 1. The van der Waals surface area contributed by atoms with Crippen molar-refractivity contribution in [2.45, 2.75) is 24.8 Å². The molecular formula is C13H13FN2O2S. The maximum atomic E-state index is 13.8. The third kappa shape index (κ3) is 3.20. The van der Waals surface area contributed by atoms with Crippen molar-refractivity contribution in [2.24, 2.45) is 0 Å². The zero-order valence-electron chi connectivity index (χ0n) is 10.4. The summed E-state index contributed by atoms with van der Waals surface area (Å²) < 4.78 is 13.8. The van der Waals surface area contributed by atoms with Crippen LogP contribution in [0.2, 0.25) is 0 Å². The van der Waals surface area contributed by atoms with Crippen molar-refractivity contribution in [3.8, 4) is 0 Å². The van der Waals surface area contributed by atoms with Gasteiger partial charge in [-0.15, -0.1) is 0 Å². The maximum Gasteiger partial charge on any atom is 0.313 e. The summed E-state index contributed by atoms with van der Waals surface area (Å²) in [7, 11) is 0. The van der Waals surface area contributed by atoms with E-state index in [2.05, 4.69) is 9.97 Å². The Balaban J connectivity index is 2.52. The summed E-state index contributed by atoms with van der Waals surface area (Å²) in [5, 5.41) is 9.43. The molecule has 0 amide bonds. The first-order valence-corrected chi connectivity index (χ1v) is 6.90. The molecule has 0 unspecified atom stereocenters. The lowest BCUT2D eigenvalue weighted by molar-refractivity contribution is -0.133. The molecule has 6 heteroatoms. The Bertz CT molecular complexity index is 619. The number of hydrogen-bond acceptors (Lipinski definition) is 4. The van der Waals surface area contributed by atoms with E-state index in [1.807, 2.05) is 6.92 Å². The van der Waals surface area contributed by atoms with Crippen molar-refractivity contribution in [3.63, 3.8) is 0 Å². The van der Waals surface area contributed by atoms with Crippen molar-refractivity contribution >= 4 is 28.6 Å². The van der Waals surface area contributed by atoms with Crippen LogP contribution in [0, 0.1) is 5.82 Å². The molecule has 0 spiro atoms. The van der Waals surface area contributed by atoms with Crippen molar-refractivity contribution in [2.75, 3.05) is 5.75 Å². The second-order valence-corrected chi connectivity index (χ2v) is 4.98. The smallest absolute Gasteiger partial charge is 0.313 e. The lowest BCUT2D eigenvalue weighted by atomic mass is 10.2. The fraction of sp³-hybridized carbons (Fsp3) is 0.308. The van der Waals surface area contributed by atoms with Gasteiger partial charge in [-0.1, -0.05) is 24.8 Å². The standard InChI is InChI=1S/C13H13FN2O2S/c1-2-4-10-15-9-6-3-5-8(14)12(9)13(16-10)19-7-11(17)18/h3,5-6H,2,4,7H2,1H3,(H,17,18). The van der Waals surface area contributed by atoms with E-state index in [4.69, 9.17) is 5.11 Å². The second-order valence-electron chi connectivity index (χ2n) is 4.01. The Labute approximate surface area is 114 Å². The van der Waals surface area contributed by atoms with Crippen LogP contribution in [-0.2, 0) is 11.2 Å². The Morgan fingerprint density at radius 1 is 1.42 bits per heavy atom. The minimum atomic E-state index is -0.954. The highest BCUT2D eigenvalue weighted by Crippen LogP contribution is 2.27. The van der Waals surface area contributed by atoms with Gasteiger partial charge in [-0.2, -0.15) is 0 Å². The predicted molar refractivity (Wildman–Crippen MR) is 71.9 cm³/mol. The third-order valence-corrected chi connectivity index (χ3v) is 3.45.